The Morgan fingerprint density at radius 1 is 1.25 bits per heavy atom. The van der Waals surface area contributed by atoms with E-state index < -0.39 is 0 Å². The normalized spacial score (nSPS) is 18.0. The molecular weight excluding hydrogens is 304 g/mol. The highest BCUT2D eigenvalue weighted by atomic mass is 16.5. The van der Waals surface area contributed by atoms with Crippen LogP contribution in [-0.2, 0) is 4.74 Å². The molecule has 0 saturated carbocycles. The molecule has 6 nitrogen and oxygen atoms in total. The van der Waals surface area contributed by atoms with Gasteiger partial charge < -0.3 is 9.64 Å². The lowest BCUT2D eigenvalue weighted by Crippen LogP contribution is -2.42. The van der Waals surface area contributed by atoms with Crippen LogP contribution in [0.5, 0.6) is 0 Å². The van der Waals surface area contributed by atoms with E-state index in [9.17, 15) is 4.79 Å². The molecule has 0 bridgehead atoms. The monoisotopic (exact) mass is 322 g/mol. The smallest absolute Gasteiger partial charge is 0.259 e. The van der Waals surface area contributed by atoms with E-state index in [-0.39, 0.29) is 12.0 Å². The van der Waals surface area contributed by atoms with Crippen LogP contribution in [0.25, 0.3) is 5.65 Å². The fourth-order valence-electron chi connectivity index (χ4n) is 3.11. The van der Waals surface area contributed by atoms with Crippen molar-refractivity contribution in [2.24, 2.45) is 0 Å². The van der Waals surface area contributed by atoms with Crippen molar-refractivity contribution in [2.75, 3.05) is 19.7 Å². The maximum Gasteiger partial charge on any atom is 0.259 e. The van der Waals surface area contributed by atoms with Crippen molar-refractivity contribution in [3.05, 3.63) is 65.6 Å². The quantitative estimate of drug-likeness (QED) is 0.726. The van der Waals surface area contributed by atoms with E-state index in [1.54, 1.807) is 23.0 Å². The van der Waals surface area contributed by atoms with Gasteiger partial charge in [-0.05, 0) is 18.6 Å². The van der Waals surface area contributed by atoms with Gasteiger partial charge in [-0.1, -0.05) is 30.3 Å². The van der Waals surface area contributed by atoms with E-state index in [0.29, 0.717) is 36.6 Å². The Labute approximate surface area is 139 Å². The number of nitrogens with zero attached hydrogens (tertiary/aromatic N) is 4. The molecule has 0 spiro atoms. The zero-order valence-corrected chi connectivity index (χ0v) is 13.4. The fourth-order valence-corrected chi connectivity index (χ4v) is 3.11. The Morgan fingerprint density at radius 2 is 2.08 bits per heavy atom. The van der Waals surface area contributed by atoms with E-state index >= 15 is 0 Å². The minimum Gasteiger partial charge on any atom is -0.370 e. The Balaban J connectivity index is 1.63. The molecule has 1 aliphatic heterocycles. The number of aromatic nitrogens is 3. The van der Waals surface area contributed by atoms with Gasteiger partial charge in [0.15, 0.2) is 5.65 Å². The molecule has 24 heavy (non-hydrogen) atoms. The number of fused-ring (bicyclic) bond motifs is 1. The summed E-state index contributed by atoms with van der Waals surface area (Å²) < 4.78 is 7.50. The van der Waals surface area contributed by atoms with Crippen LogP contribution in [0.2, 0.25) is 0 Å². The lowest BCUT2D eigenvalue weighted by atomic mass is 10.1. The number of morpholine rings is 1. The molecule has 2 aromatic heterocycles. The summed E-state index contributed by atoms with van der Waals surface area (Å²) in [5.74, 6) is -0.0366. The summed E-state index contributed by atoms with van der Waals surface area (Å²) in [7, 11) is 0. The molecule has 1 amide bonds. The lowest BCUT2D eigenvalue weighted by molar-refractivity contribution is -0.0227. The molecule has 1 unspecified atom stereocenters. The van der Waals surface area contributed by atoms with E-state index in [2.05, 4.69) is 10.1 Å². The third-order valence-electron chi connectivity index (χ3n) is 4.31. The number of hydrogen-bond acceptors (Lipinski definition) is 4. The van der Waals surface area contributed by atoms with Crippen LogP contribution >= 0.6 is 0 Å². The van der Waals surface area contributed by atoms with Crippen molar-refractivity contribution in [2.45, 2.75) is 13.0 Å². The van der Waals surface area contributed by atoms with Gasteiger partial charge in [-0.25, -0.2) is 9.50 Å². The first kappa shape index (κ1) is 14.8. The van der Waals surface area contributed by atoms with Crippen molar-refractivity contribution in [3.63, 3.8) is 0 Å². The van der Waals surface area contributed by atoms with Crippen LogP contribution in [0.15, 0.2) is 48.8 Å². The second kappa shape index (κ2) is 6.05. The Kier molecular flexibility index (Phi) is 3.74. The van der Waals surface area contributed by atoms with E-state index in [1.165, 1.54) is 0 Å². The first-order valence-corrected chi connectivity index (χ1v) is 8.00. The van der Waals surface area contributed by atoms with Crippen molar-refractivity contribution in [3.8, 4) is 0 Å². The first-order valence-electron chi connectivity index (χ1n) is 8.00. The van der Waals surface area contributed by atoms with Gasteiger partial charge in [0.05, 0.1) is 18.8 Å². The number of hydrogen-bond donors (Lipinski definition) is 0. The zero-order chi connectivity index (χ0) is 16.5. The molecule has 1 saturated heterocycles. The fraction of sp³-hybridized carbons (Fsp3) is 0.278. The van der Waals surface area contributed by atoms with Gasteiger partial charge in [-0.15, -0.1) is 0 Å². The van der Waals surface area contributed by atoms with Gasteiger partial charge >= 0.3 is 0 Å². The number of carbonyl (C=O) groups is 1. The summed E-state index contributed by atoms with van der Waals surface area (Å²) in [5, 5.41) is 4.38. The van der Waals surface area contributed by atoms with Gasteiger partial charge in [0, 0.05) is 18.9 Å². The maximum atomic E-state index is 13.0. The molecule has 4 rings (SSSR count). The van der Waals surface area contributed by atoms with Crippen molar-refractivity contribution < 1.29 is 9.53 Å². The molecule has 0 N–H and O–H groups in total. The highest BCUT2D eigenvalue weighted by Gasteiger charge is 2.29. The van der Waals surface area contributed by atoms with Gasteiger partial charge in [-0.3, -0.25) is 4.79 Å². The molecule has 122 valence electrons. The summed E-state index contributed by atoms with van der Waals surface area (Å²) in [4.78, 5) is 19.2. The molecule has 0 radical (unpaired) electrons. The molecule has 1 atom stereocenters. The van der Waals surface area contributed by atoms with Crippen molar-refractivity contribution in [1.29, 1.82) is 0 Å². The first-order chi connectivity index (χ1) is 11.7. The standard InChI is InChI=1S/C18H18N4O2/c1-13-16(17-19-8-5-9-22(17)20-13)18(23)21-10-11-24-15(12-21)14-6-3-2-4-7-14/h2-9,15H,10-12H2,1H3. The van der Waals surface area contributed by atoms with Gasteiger partial charge in [0.25, 0.3) is 5.91 Å². The van der Waals surface area contributed by atoms with Crippen molar-refractivity contribution >= 4 is 11.6 Å². The number of rotatable bonds is 2. The largest absolute Gasteiger partial charge is 0.370 e. The molecular formula is C18H18N4O2. The van der Waals surface area contributed by atoms with Crippen LogP contribution < -0.4 is 0 Å². The SMILES string of the molecule is Cc1nn2cccnc2c1C(=O)N1CCOC(c2ccccc2)C1. The van der Waals surface area contributed by atoms with Crippen LogP contribution in [0.1, 0.15) is 27.7 Å². The number of benzene rings is 1. The van der Waals surface area contributed by atoms with Gasteiger partial charge in [0.1, 0.15) is 11.7 Å². The van der Waals surface area contributed by atoms with E-state index in [4.69, 9.17) is 4.74 Å². The van der Waals surface area contributed by atoms with Gasteiger partial charge in [-0.2, -0.15) is 5.10 Å². The lowest BCUT2D eigenvalue weighted by Gasteiger charge is -2.33. The molecule has 0 aliphatic carbocycles. The maximum absolute atomic E-state index is 13.0. The Bertz CT molecular complexity index is 875. The average molecular weight is 322 g/mol. The molecule has 1 fully saturated rings. The molecule has 1 aromatic carbocycles. The van der Waals surface area contributed by atoms with Crippen LogP contribution in [0.4, 0.5) is 0 Å². The van der Waals surface area contributed by atoms with Gasteiger partial charge in [0.2, 0.25) is 0 Å². The van der Waals surface area contributed by atoms with Crippen molar-refractivity contribution in [1.82, 2.24) is 19.5 Å². The highest BCUT2D eigenvalue weighted by Crippen LogP contribution is 2.24. The predicted octanol–water partition coefficient (Wildman–Crippen LogP) is 2.25. The number of amides is 1. The van der Waals surface area contributed by atoms with Crippen LogP contribution in [0.3, 0.4) is 0 Å². The second-order valence-electron chi connectivity index (χ2n) is 5.87. The molecule has 1 aliphatic rings. The minimum absolute atomic E-state index is 0.0366. The summed E-state index contributed by atoms with van der Waals surface area (Å²) in [5.41, 5.74) is 2.96. The third kappa shape index (κ3) is 2.55. The predicted molar refractivity (Wildman–Crippen MR) is 88.8 cm³/mol. The number of ether oxygens (including phenoxy) is 1. The topological polar surface area (TPSA) is 59.7 Å². The Morgan fingerprint density at radius 3 is 2.92 bits per heavy atom. The molecule has 6 heteroatoms. The van der Waals surface area contributed by atoms with E-state index in [0.717, 1.165) is 5.56 Å². The van der Waals surface area contributed by atoms with E-state index in [1.807, 2.05) is 42.2 Å². The number of carbonyl (C=O) groups excluding carboxylic acids is 1. The summed E-state index contributed by atoms with van der Waals surface area (Å²) in [6.45, 7) is 3.48. The summed E-state index contributed by atoms with van der Waals surface area (Å²) in [6, 6.07) is 11.8. The third-order valence-corrected chi connectivity index (χ3v) is 4.31. The minimum atomic E-state index is -0.0981. The zero-order valence-electron chi connectivity index (χ0n) is 13.4. The highest BCUT2D eigenvalue weighted by molar-refractivity contribution is 6.01. The summed E-state index contributed by atoms with van der Waals surface area (Å²) in [6.07, 6.45) is 3.39. The number of aryl methyl sites for hydroxylation is 1. The van der Waals surface area contributed by atoms with Crippen LogP contribution in [-0.4, -0.2) is 45.1 Å². The summed E-state index contributed by atoms with van der Waals surface area (Å²) >= 11 is 0. The second-order valence-corrected chi connectivity index (χ2v) is 5.87. The molecule has 3 heterocycles. The average Bonchev–Trinajstić information content (AvgIpc) is 2.97. The molecule has 3 aromatic rings. The Hall–Kier alpha value is -2.73. The van der Waals surface area contributed by atoms with Crippen LogP contribution in [0, 0.1) is 6.92 Å².